The molecule has 4 amide bonds. The lowest BCUT2D eigenvalue weighted by atomic mass is 9.77. The van der Waals surface area contributed by atoms with Gasteiger partial charge in [0.2, 0.25) is 0 Å². The maximum atomic E-state index is 15.6. The molecule has 0 aliphatic carbocycles. The number of aldehydes is 2. The van der Waals surface area contributed by atoms with Crippen molar-refractivity contribution in [1.82, 2.24) is 0 Å². The van der Waals surface area contributed by atoms with Crippen molar-refractivity contribution in [1.29, 1.82) is 0 Å². The first kappa shape index (κ1) is 44.4. The van der Waals surface area contributed by atoms with E-state index in [1.165, 1.54) is 9.80 Å². The van der Waals surface area contributed by atoms with Crippen LogP contribution >= 0.6 is 0 Å². The van der Waals surface area contributed by atoms with Gasteiger partial charge in [0.15, 0.2) is 0 Å². The Labute approximate surface area is 405 Å². The van der Waals surface area contributed by atoms with Crippen LogP contribution in [-0.2, 0) is 0 Å². The first-order valence-electron chi connectivity index (χ1n) is 24.1. The van der Waals surface area contributed by atoms with Crippen LogP contribution in [0.5, 0.6) is 0 Å². The van der Waals surface area contributed by atoms with Gasteiger partial charge in [0.25, 0.3) is 23.6 Å². The average Bonchev–Trinajstić information content (AvgIpc) is 3.36. The summed E-state index contributed by atoms with van der Waals surface area (Å²) in [6, 6.07) is 37.6. The topological polar surface area (TPSA) is 109 Å². The second-order valence-corrected chi connectivity index (χ2v) is 20.1. The number of nitrogens with zero attached hydrogens (tertiary/aromatic N) is 2. The van der Waals surface area contributed by atoms with Gasteiger partial charge in [0, 0.05) is 44.2 Å². The predicted octanol–water partition coefficient (Wildman–Crippen LogP) is 14.8. The fraction of sp³-hybridized carbons (Fsp3) is 0.194. The van der Waals surface area contributed by atoms with E-state index in [0.717, 1.165) is 67.5 Å². The third-order valence-electron chi connectivity index (χ3n) is 14.7. The Kier molecular flexibility index (Phi) is 10.3. The van der Waals surface area contributed by atoms with Gasteiger partial charge in [-0.25, -0.2) is 9.80 Å². The normalized spacial score (nSPS) is 13.8. The molecule has 0 aromatic heterocycles. The largest absolute Gasteiger partial charge is 0.298 e. The molecule has 70 heavy (non-hydrogen) atoms. The zero-order valence-electron chi connectivity index (χ0n) is 40.4. The van der Waals surface area contributed by atoms with E-state index < -0.39 is 23.6 Å². The number of benzene rings is 9. The molecular formula is C62H50N2O6. The molecule has 0 fully saturated rings. The maximum absolute atomic E-state index is 15.6. The molecule has 0 atom stereocenters. The average molecular weight is 919 g/mol. The molecule has 2 heterocycles. The van der Waals surface area contributed by atoms with E-state index in [-0.39, 0.29) is 23.7 Å². The molecule has 0 bridgehead atoms. The van der Waals surface area contributed by atoms with Crippen LogP contribution in [-0.4, -0.2) is 36.2 Å². The van der Waals surface area contributed by atoms with Gasteiger partial charge in [-0.05, 0) is 125 Å². The molecule has 8 nitrogen and oxygen atoms in total. The van der Waals surface area contributed by atoms with Crippen molar-refractivity contribution in [3.8, 4) is 22.3 Å². The van der Waals surface area contributed by atoms with E-state index in [2.05, 4.69) is 55.4 Å². The zero-order chi connectivity index (χ0) is 49.2. The van der Waals surface area contributed by atoms with E-state index in [1.54, 1.807) is 24.3 Å². The predicted molar refractivity (Wildman–Crippen MR) is 281 cm³/mol. The number of hydrogen-bond acceptors (Lipinski definition) is 6. The first-order chi connectivity index (χ1) is 33.7. The minimum Gasteiger partial charge on any atom is -0.298 e. The molecule has 0 spiro atoms. The second kappa shape index (κ2) is 16.3. The van der Waals surface area contributed by atoms with Gasteiger partial charge in [-0.15, -0.1) is 0 Å². The molecule has 0 saturated heterocycles. The zero-order valence-corrected chi connectivity index (χ0v) is 40.4. The van der Waals surface area contributed by atoms with Gasteiger partial charge < -0.3 is 0 Å². The summed E-state index contributed by atoms with van der Waals surface area (Å²) >= 11 is 0. The highest BCUT2D eigenvalue weighted by Crippen LogP contribution is 2.53. The van der Waals surface area contributed by atoms with Crippen LogP contribution in [0.3, 0.4) is 0 Å². The smallest absolute Gasteiger partial charge is 0.266 e. The fourth-order valence-corrected chi connectivity index (χ4v) is 11.4. The number of rotatable bonds is 10. The van der Waals surface area contributed by atoms with Crippen LogP contribution in [0.4, 0.5) is 11.4 Å². The Morgan fingerprint density at radius 1 is 0.343 bits per heavy atom. The van der Waals surface area contributed by atoms with Gasteiger partial charge in [0.1, 0.15) is 12.6 Å². The SMILES string of the molecule is CC(C)c1cccc(C(C)C)c1N1C(=O)c2ccc3c4c(-c5ccc(C=O)cc5)cc5c6c(ccc(c7c(-c8ccc(C=O)cc8)cc(c2c37)C1=O)c64)C(=O)N(c1c(C(C)C)cccc1C(C)C)C5=O. The number of para-hydroxylation sites is 2. The lowest BCUT2D eigenvalue weighted by molar-refractivity contribution is 0.0877. The molecule has 0 unspecified atom stereocenters. The molecular weight excluding hydrogens is 869 g/mol. The van der Waals surface area contributed by atoms with Crippen LogP contribution in [0, 0.1) is 0 Å². The van der Waals surface area contributed by atoms with Crippen molar-refractivity contribution in [3.63, 3.8) is 0 Å². The van der Waals surface area contributed by atoms with E-state index in [0.29, 0.717) is 77.4 Å². The molecule has 9 aromatic rings. The summed E-state index contributed by atoms with van der Waals surface area (Å²) in [4.78, 5) is 88.7. The number of carbonyl (C=O) groups excluding carboxylic acids is 6. The molecule has 344 valence electrons. The van der Waals surface area contributed by atoms with E-state index in [9.17, 15) is 9.59 Å². The number of fused-ring (bicyclic) bond motifs is 2. The molecule has 0 N–H and O–H groups in total. The van der Waals surface area contributed by atoms with E-state index in [1.807, 2.05) is 97.1 Å². The first-order valence-corrected chi connectivity index (χ1v) is 24.1. The van der Waals surface area contributed by atoms with Crippen molar-refractivity contribution < 1.29 is 28.8 Å². The Bertz CT molecular complexity index is 3480. The number of hydrogen-bond donors (Lipinski definition) is 0. The molecule has 2 aliphatic rings. The lowest BCUT2D eigenvalue weighted by Gasteiger charge is -2.34. The highest BCUT2D eigenvalue weighted by molar-refractivity contribution is 6.48. The van der Waals surface area contributed by atoms with Crippen LogP contribution in [0.25, 0.3) is 65.3 Å². The van der Waals surface area contributed by atoms with E-state index in [4.69, 9.17) is 0 Å². The molecule has 9 aromatic carbocycles. The molecule has 11 rings (SSSR count). The van der Waals surface area contributed by atoms with Crippen molar-refractivity contribution in [2.24, 2.45) is 0 Å². The summed E-state index contributed by atoms with van der Waals surface area (Å²) in [5.41, 5.74) is 10.0. The number of carbonyl (C=O) groups is 6. The highest BCUT2D eigenvalue weighted by atomic mass is 16.2. The third-order valence-corrected chi connectivity index (χ3v) is 14.7. The summed E-state index contributed by atoms with van der Waals surface area (Å²) in [5, 5.41) is 5.34. The molecule has 2 aliphatic heterocycles. The Balaban J connectivity index is 1.30. The summed E-state index contributed by atoms with van der Waals surface area (Å²) in [5.74, 6) is -1.72. The van der Waals surface area contributed by atoms with Gasteiger partial charge in [-0.3, -0.25) is 28.8 Å². The summed E-state index contributed by atoms with van der Waals surface area (Å²) in [7, 11) is 0. The highest BCUT2D eigenvalue weighted by Gasteiger charge is 2.42. The van der Waals surface area contributed by atoms with Crippen LogP contribution in [0.1, 0.15) is 163 Å². The quantitative estimate of drug-likeness (QED) is 0.0585. The Morgan fingerprint density at radius 2 is 0.657 bits per heavy atom. The van der Waals surface area contributed by atoms with Gasteiger partial charge in [-0.1, -0.05) is 152 Å². The van der Waals surface area contributed by atoms with E-state index >= 15 is 19.2 Å². The fourth-order valence-electron chi connectivity index (χ4n) is 11.4. The number of imide groups is 2. The minimum atomic E-state index is -0.443. The Hall–Kier alpha value is -8.10. The number of anilines is 2. The maximum Gasteiger partial charge on any atom is 0.266 e. The lowest BCUT2D eigenvalue weighted by Crippen LogP contribution is -2.42. The van der Waals surface area contributed by atoms with Gasteiger partial charge >= 0.3 is 0 Å². The van der Waals surface area contributed by atoms with Gasteiger partial charge in [-0.2, -0.15) is 0 Å². The molecule has 0 radical (unpaired) electrons. The molecule has 0 saturated carbocycles. The standard InChI is InChI=1S/C62H50N2O6/c1-31(2)39-11-9-12-40(32(3)4)57(39)63-59(67)45-25-23-43-52-48(38-21-17-36(30-66)18-22-38)28-50-54-46(60(68)64(62(50)70)58-41(33(5)6)13-10-14-42(58)34(7)8)26-24-44(56(52)54)51-47(37-19-15-35(29-65)16-20-37)27-49(61(63)69)53(45)55(43)51/h9-34H,1-8H3. The third kappa shape index (κ3) is 6.28. The number of amides is 4. The van der Waals surface area contributed by atoms with Crippen LogP contribution < -0.4 is 9.80 Å². The van der Waals surface area contributed by atoms with Crippen molar-refractivity contribution >= 4 is 90.7 Å². The Morgan fingerprint density at radius 3 is 0.957 bits per heavy atom. The van der Waals surface area contributed by atoms with Gasteiger partial charge in [0.05, 0.1) is 11.4 Å². The van der Waals surface area contributed by atoms with Crippen molar-refractivity contribution in [2.45, 2.75) is 79.1 Å². The summed E-state index contributed by atoms with van der Waals surface area (Å²) in [6.45, 7) is 16.5. The van der Waals surface area contributed by atoms with Crippen molar-refractivity contribution in [2.75, 3.05) is 9.80 Å². The van der Waals surface area contributed by atoms with Crippen molar-refractivity contribution in [3.05, 3.63) is 177 Å². The molecule has 8 heteroatoms. The minimum absolute atomic E-state index is 0.00337. The summed E-state index contributed by atoms with van der Waals surface area (Å²) < 4.78 is 0. The monoisotopic (exact) mass is 918 g/mol. The second-order valence-electron chi connectivity index (χ2n) is 20.1. The van der Waals surface area contributed by atoms with Crippen LogP contribution in [0.15, 0.2) is 121 Å². The summed E-state index contributed by atoms with van der Waals surface area (Å²) in [6.07, 6.45) is 1.58. The van der Waals surface area contributed by atoms with Crippen LogP contribution in [0.2, 0.25) is 0 Å².